The van der Waals surface area contributed by atoms with Crippen molar-refractivity contribution in [2.24, 2.45) is 11.7 Å². The number of alkyl halides is 2. The van der Waals surface area contributed by atoms with Crippen molar-refractivity contribution in [1.82, 2.24) is 4.98 Å². The number of halogens is 2. The Bertz CT molecular complexity index is 796. The molecular weight excluding hydrogens is 364 g/mol. The Morgan fingerprint density at radius 2 is 1.93 bits per heavy atom. The highest BCUT2D eigenvalue weighted by molar-refractivity contribution is 5.42. The number of aromatic nitrogens is 1. The van der Waals surface area contributed by atoms with Gasteiger partial charge in [0.25, 0.3) is 5.92 Å². The van der Waals surface area contributed by atoms with Gasteiger partial charge in [0.1, 0.15) is 23.4 Å². The molecule has 1 aromatic heterocycles. The Morgan fingerprint density at radius 3 is 2.54 bits per heavy atom. The highest BCUT2D eigenvalue weighted by Crippen LogP contribution is 2.48. The lowest BCUT2D eigenvalue weighted by Crippen LogP contribution is -2.25. The molecule has 0 bridgehead atoms. The molecule has 7 heteroatoms. The van der Waals surface area contributed by atoms with E-state index in [1.807, 2.05) is 37.3 Å². The lowest BCUT2D eigenvalue weighted by Gasteiger charge is -2.18. The number of anilines is 1. The predicted octanol–water partition coefficient (Wildman–Crippen LogP) is 3.79. The number of rotatable bonds is 7. The Balaban J connectivity index is 1.27. The van der Waals surface area contributed by atoms with Crippen LogP contribution in [0.3, 0.4) is 0 Å². The summed E-state index contributed by atoms with van der Waals surface area (Å²) in [6, 6.07) is 11.5. The molecule has 2 aromatic rings. The van der Waals surface area contributed by atoms with Crippen molar-refractivity contribution in [2.75, 3.05) is 24.6 Å². The molecule has 1 saturated heterocycles. The van der Waals surface area contributed by atoms with Crippen molar-refractivity contribution in [1.29, 1.82) is 0 Å². The van der Waals surface area contributed by atoms with E-state index in [0.29, 0.717) is 5.75 Å². The fourth-order valence-electron chi connectivity index (χ4n) is 3.37. The third-order valence-corrected chi connectivity index (χ3v) is 5.31. The molecular formula is C21H25F2N3O2. The maximum atomic E-state index is 12.9. The standard InChI is InChI=1S/C21H25F2N3O2/c1-14(24)15-2-4-17(5-3-15)28-19-8-9-26(12-19)20-7-6-18(11-25-20)27-13-16-10-21(16,22)23/h2-7,11,14,16,19H,8-10,12-13,24H2,1H3/t14-,16?,19?/m0/s1. The van der Waals surface area contributed by atoms with Crippen LogP contribution in [-0.2, 0) is 0 Å². The first-order chi connectivity index (χ1) is 13.4. The molecule has 2 fully saturated rings. The molecule has 28 heavy (non-hydrogen) atoms. The van der Waals surface area contributed by atoms with Gasteiger partial charge in [-0.05, 0) is 36.8 Å². The van der Waals surface area contributed by atoms with E-state index in [9.17, 15) is 8.78 Å². The molecule has 2 unspecified atom stereocenters. The van der Waals surface area contributed by atoms with Crippen LogP contribution >= 0.6 is 0 Å². The molecule has 1 aliphatic heterocycles. The Kier molecular flexibility index (Phi) is 5.10. The van der Waals surface area contributed by atoms with Crippen molar-refractivity contribution in [2.45, 2.75) is 37.8 Å². The second-order valence-corrected chi connectivity index (χ2v) is 7.66. The van der Waals surface area contributed by atoms with Crippen LogP contribution < -0.4 is 20.1 Å². The van der Waals surface area contributed by atoms with Crippen molar-refractivity contribution in [3.05, 3.63) is 48.2 Å². The highest BCUT2D eigenvalue weighted by atomic mass is 19.3. The fourth-order valence-corrected chi connectivity index (χ4v) is 3.37. The molecule has 2 aliphatic rings. The van der Waals surface area contributed by atoms with E-state index in [1.165, 1.54) is 0 Å². The van der Waals surface area contributed by atoms with Crippen molar-refractivity contribution in [3.63, 3.8) is 0 Å². The van der Waals surface area contributed by atoms with E-state index < -0.39 is 11.8 Å². The van der Waals surface area contributed by atoms with Crippen LogP contribution in [-0.4, -0.2) is 36.7 Å². The number of hydrogen-bond acceptors (Lipinski definition) is 5. The minimum absolute atomic E-state index is 0.00909. The average molecular weight is 389 g/mol. The Labute approximate surface area is 163 Å². The molecule has 150 valence electrons. The molecule has 0 spiro atoms. The van der Waals surface area contributed by atoms with Gasteiger partial charge in [0, 0.05) is 25.4 Å². The maximum absolute atomic E-state index is 12.9. The van der Waals surface area contributed by atoms with E-state index >= 15 is 0 Å². The summed E-state index contributed by atoms with van der Waals surface area (Å²) < 4.78 is 37.3. The molecule has 0 amide bonds. The van der Waals surface area contributed by atoms with Gasteiger partial charge < -0.3 is 20.1 Å². The van der Waals surface area contributed by atoms with Gasteiger partial charge in [0.15, 0.2) is 0 Å². The van der Waals surface area contributed by atoms with E-state index in [4.69, 9.17) is 15.2 Å². The SMILES string of the molecule is C[C@H](N)c1ccc(OC2CCN(c3ccc(OCC4CC4(F)F)cn3)C2)cc1. The summed E-state index contributed by atoms with van der Waals surface area (Å²) in [5.74, 6) is -1.02. The first kappa shape index (κ1) is 18.9. The summed E-state index contributed by atoms with van der Waals surface area (Å²) in [5, 5.41) is 0. The minimum atomic E-state index is -2.55. The fraction of sp³-hybridized carbons (Fsp3) is 0.476. The lowest BCUT2D eigenvalue weighted by atomic mass is 10.1. The van der Waals surface area contributed by atoms with Crippen molar-refractivity contribution in [3.8, 4) is 11.5 Å². The van der Waals surface area contributed by atoms with Gasteiger partial charge in [-0.15, -0.1) is 0 Å². The van der Waals surface area contributed by atoms with Gasteiger partial charge in [-0.1, -0.05) is 12.1 Å². The van der Waals surface area contributed by atoms with Gasteiger partial charge in [0.2, 0.25) is 0 Å². The van der Waals surface area contributed by atoms with Crippen LogP contribution in [0.5, 0.6) is 11.5 Å². The smallest absolute Gasteiger partial charge is 0.255 e. The molecule has 2 N–H and O–H groups in total. The van der Waals surface area contributed by atoms with Crippen LogP contribution in [0.1, 0.15) is 31.4 Å². The van der Waals surface area contributed by atoms with Crippen LogP contribution in [0.25, 0.3) is 0 Å². The van der Waals surface area contributed by atoms with E-state index in [1.54, 1.807) is 12.3 Å². The quantitative estimate of drug-likeness (QED) is 0.781. The van der Waals surface area contributed by atoms with E-state index in [0.717, 1.165) is 36.6 Å². The lowest BCUT2D eigenvalue weighted by molar-refractivity contribution is 0.0855. The zero-order valence-electron chi connectivity index (χ0n) is 15.9. The Hall–Kier alpha value is -2.41. The van der Waals surface area contributed by atoms with E-state index in [-0.39, 0.29) is 25.2 Å². The van der Waals surface area contributed by atoms with Crippen molar-refractivity contribution < 1.29 is 18.3 Å². The minimum Gasteiger partial charge on any atom is -0.491 e. The molecule has 0 radical (unpaired) electrons. The zero-order chi connectivity index (χ0) is 19.7. The zero-order valence-corrected chi connectivity index (χ0v) is 15.9. The second kappa shape index (κ2) is 7.54. The third kappa shape index (κ3) is 4.35. The highest BCUT2D eigenvalue weighted by Gasteiger charge is 2.57. The number of nitrogens with two attached hydrogens (primary N) is 1. The summed E-state index contributed by atoms with van der Waals surface area (Å²) in [6.45, 7) is 3.59. The third-order valence-electron chi connectivity index (χ3n) is 5.31. The Morgan fingerprint density at radius 1 is 1.21 bits per heavy atom. The van der Waals surface area contributed by atoms with Gasteiger partial charge in [0.05, 0.1) is 25.3 Å². The molecule has 3 atom stereocenters. The van der Waals surface area contributed by atoms with E-state index in [2.05, 4.69) is 9.88 Å². The first-order valence-corrected chi connectivity index (χ1v) is 9.64. The van der Waals surface area contributed by atoms with Crippen LogP contribution in [0.4, 0.5) is 14.6 Å². The summed E-state index contributed by atoms with van der Waals surface area (Å²) in [4.78, 5) is 6.56. The van der Waals surface area contributed by atoms with Gasteiger partial charge in [-0.25, -0.2) is 13.8 Å². The molecule has 4 rings (SSSR count). The largest absolute Gasteiger partial charge is 0.491 e. The summed E-state index contributed by atoms with van der Waals surface area (Å²) in [5.41, 5.74) is 6.95. The summed E-state index contributed by atoms with van der Waals surface area (Å²) in [6.07, 6.45) is 2.51. The predicted molar refractivity (Wildman–Crippen MR) is 103 cm³/mol. The number of pyridine rings is 1. The van der Waals surface area contributed by atoms with Crippen molar-refractivity contribution >= 4 is 5.82 Å². The first-order valence-electron chi connectivity index (χ1n) is 9.64. The number of nitrogens with zero attached hydrogens (tertiary/aromatic N) is 2. The monoisotopic (exact) mass is 389 g/mol. The maximum Gasteiger partial charge on any atom is 0.255 e. The van der Waals surface area contributed by atoms with Crippen LogP contribution in [0.15, 0.2) is 42.6 Å². The summed E-state index contributed by atoms with van der Waals surface area (Å²) in [7, 11) is 0. The number of ether oxygens (including phenoxy) is 2. The van der Waals surface area contributed by atoms with Gasteiger partial charge in [-0.2, -0.15) is 0 Å². The van der Waals surface area contributed by atoms with Crippen LogP contribution in [0, 0.1) is 5.92 Å². The topological polar surface area (TPSA) is 60.6 Å². The molecule has 1 aromatic carbocycles. The molecule has 2 heterocycles. The van der Waals surface area contributed by atoms with Crippen LogP contribution in [0.2, 0.25) is 0 Å². The van der Waals surface area contributed by atoms with Gasteiger partial charge in [-0.3, -0.25) is 0 Å². The van der Waals surface area contributed by atoms with Gasteiger partial charge >= 0.3 is 0 Å². The average Bonchev–Trinajstić information content (AvgIpc) is 3.06. The number of hydrogen-bond donors (Lipinski definition) is 1. The molecule has 1 aliphatic carbocycles. The molecule has 5 nitrogen and oxygen atoms in total. The molecule has 1 saturated carbocycles. The number of benzene rings is 1. The normalized spacial score (nSPS) is 24.1. The summed E-state index contributed by atoms with van der Waals surface area (Å²) >= 11 is 0. The second-order valence-electron chi connectivity index (χ2n) is 7.66.